The highest BCUT2D eigenvalue weighted by Gasteiger charge is 2.38. The van der Waals surface area contributed by atoms with Crippen molar-refractivity contribution >= 4 is 7.12 Å². The van der Waals surface area contributed by atoms with Crippen molar-refractivity contribution in [3.63, 3.8) is 0 Å². The molecule has 64 valence electrons. The standard InChI is InChI=1S/C9H13BO2/c1-7-8(2)12-10(11-7)9-5-3-4-6-9/h3-9H,1-2H3/t7-,8+. The van der Waals surface area contributed by atoms with E-state index < -0.39 is 0 Å². The van der Waals surface area contributed by atoms with Crippen LogP contribution in [0.15, 0.2) is 24.3 Å². The predicted molar refractivity (Wildman–Crippen MR) is 48.9 cm³/mol. The lowest BCUT2D eigenvalue weighted by Crippen LogP contribution is -2.20. The molecule has 2 rings (SSSR count). The van der Waals surface area contributed by atoms with E-state index in [2.05, 4.69) is 12.2 Å². The van der Waals surface area contributed by atoms with Gasteiger partial charge in [0.25, 0.3) is 0 Å². The van der Waals surface area contributed by atoms with E-state index in [0.29, 0.717) is 5.82 Å². The van der Waals surface area contributed by atoms with Gasteiger partial charge >= 0.3 is 7.12 Å². The van der Waals surface area contributed by atoms with Gasteiger partial charge in [0.1, 0.15) is 0 Å². The first-order valence-electron chi connectivity index (χ1n) is 4.43. The molecular formula is C9H13BO2. The first-order valence-corrected chi connectivity index (χ1v) is 4.43. The van der Waals surface area contributed by atoms with E-state index >= 15 is 0 Å². The van der Waals surface area contributed by atoms with Crippen molar-refractivity contribution in [1.29, 1.82) is 0 Å². The van der Waals surface area contributed by atoms with E-state index in [1.807, 2.05) is 26.0 Å². The molecule has 1 saturated heterocycles. The van der Waals surface area contributed by atoms with Crippen LogP contribution in [0.1, 0.15) is 13.8 Å². The molecule has 0 unspecified atom stereocenters. The Labute approximate surface area is 73.4 Å². The Hall–Kier alpha value is -0.535. The summed E-state index contributed by atoms with van der Waals surface area (Å²) in [6, 6.07) is 0. The molecule has 2 aliphatic rings. The lowest BCUT2D eigenvalue weighted by atomic mass is 9.73. The summed E-state index contributed by atoms with van der Waals surface area (Å²) in [6.07, 6.45) is 8.72. The average molecular weight is 164 g/mol. The van der Waals surface area contributed by atoms with Gasteiger partial charge in [0.05, 0.1) is 12.2 Å². The summed E-state index contributed by atoms with van der Waals surface area (Å²) in [4.78, 5) is 0. The third-order valence-corrected chi connectivity index (χ3v) is 2.45. The molecule has 0 spiro atoms. The van der Waals surface area contributed by atoms with Crippen molar-refractivity contribution in [3.05, 3.63) is 24.3 Å². The van der Waals surface area contributed by atoms with Crippen molar-refractivity contribution in [2.24, 2.45) is 0 Å². The van der Waals surface area contributed by atoms with Gasteiger partial charge < -0.3 is 9.31 Å². The Balaban J connectivity index is 1.99. The SMILES string of the molecule is C[C@@H]1OB(C2C=CC=C2)O[C@@H]1C. The zero-order valence-electron chi connectivity index (χ0n) is 7.44. The van der Waals surface area contributed by atoms with Crippen molar-refractivity contribution < 1.29 is 9.31 Å². The number of rotatable bonds is 1. The van der Waals surface area contributed by atoms with Crippen LogP contribution < -0.4 is 0 Å². The fourth-order valence-corrected chi connectivity index (χ4v) is 1.49. The molecule has 0 bridgehead atoms. The van der Waals surface area contributed by atoms with E-state index in [1.54, 1.807) is 0 Å². The maximum absolute atomic E-state index is 5.63. The van der Waals surface area contributed by atoms with Gasteiger partial charge in [0.15, 0.2) is 0 Å². The van der Waals surface area contributed by atoms with Gasteiger partial charge in [-0.05, 0) is 13.8 Å². The van der Waals surface area contributed by atoms with Crippen LogP contribution in [0.25, 0.3) is 0 Å². The van der Waals surface area contributed by atoms with E-state index in [9.17, 15) is 0 Å². The predicted octanol–water partition coefficient (Wildman–Crippen LogP) is 1.79. The third kappa shape index (κ3) is 1.34. The quantitative estimate of drug-likeness (QED) is 0.550. The van der Waals surface area contributed by atoms with Crippen LogP contribution >= 0.6 is 0 Å². The molecule has 1 aliphatic heterocycles. The lowest BCUT2D eigenvalue weighted by Gasteiger charge is -2.07. The van der Waals surface area contributed by atoms with Crippen LogP contribution in [-0.2, 0) is 9.31 Å². The van der Waals surface area contributed by atoms with E-state index in [4.69, 9.17) is 9.31 Å². The molecule has 12 heavy (non-hydrogen) atoms. The van der Waals surface area contributed by atoms with Crippen LogP contribution in [0.3, 0.4) is 0 Å². The molecule has 0 saturated carbocycles. The highest BCUT2D eigenvalue weighted by atomic mass is 16.7. The molecule has 3 heteroatoms. The van der Waals surface area contributed by atoms with Gasteiger partial charge in [-0.1, -0.05) is 24.3 Å². The summed E-state index contributed by atoms with van der Waals surface area (Å²) in [5.74, 6) is 0.317. The first kappa shape index (κ1) is 8.08. The Bertz CT molecular complexity index is 203. The van der Waals surface area contributed by atoms with Gasteiger partial charge in [-0.3, -0.25) is 0 Å². The largest absolute Gasteiger partial charge is 0.468 e. The highest BCUT2D eigenvalue weighted by Crippen LogP contribution is 2.28. The molecule has 0 amide bonds. The molecule has 0 radical (unpaired) electrons. The highest BCUT2D eigenvalue weighted by molar-refractivity contribution is 6.48. The van der Waals surface area contributed by atoms with Crippen LogP contribution in [0.5, 0.6) is 0 Å². The summed E-state index contributed by atoms with van der Waals surface area (Å²) < 4.78 is 11.3. The second-order valence-corrected chi connectivity index (χ2v) is 3.40. The van der Waals surface area contributed by atoms with Crippen molar-refractivity contribution in [2.45, 2.75) is 31.9 Å². The zero-order valence-corrected chi connectivity index (χ0v) is 7.44. The Morgan fingerprint density at radius 2 is 1.50 bits per heavy atom. The summed E-state index contributed by atoms with van der Waals surface area (Å²) >= 11 is 0. The Morgan fingerprint density at radius 3 is 2.00 bits per heavy atom. The fourth-order valence-electron chi connectivity index (χ4n) is 1.49. The van der Waals surface area contributed by atoms with Crippen molar-refractivity contribution in [2.75, 3.05) is 0 Å². The molecule has 2 nitrogen and oxygen atoms in total. The van der Waals surface area contributed by atoms with Gasteiger partial charge in [-0.15, -0.1) is 0 Å². The molecule has 0 N–H and O–H groups in total. The monoisotopic (exact) mass is 164 g/mol. The maximum Gasteiger partial charge on any atom is 0.468 e. The van der Waals surface area contributed by atoms with E-state index in [0.717, 1.165) is 0 Å². The van der Waals surface area contributed by atoms with Crippen molar-refractivity contribution in [3.8, 4) is 0 Å². The second-order valence-electron chi connectivity index (χ2n) is 3.40. The van der Waals surface area contributed by atoms with Gasteiger partial charge in [-0.2, -0.15) is 0 Å². The minimum Gasteiger partial charge on any atom is -0.405 e. The Morgan fingerprint density at radius 1 is 1.00 bits per heavy atom. The summed E-state index contributed by atoms with van der Waals surface area (Å²) in [5.41, 5.74) is 0. The first-order chi connectivity index (χ1) is 5.77. The van der Waals surface area contributed by atoms with Gasteiger partial charge in [0, 0.05) is 5.82 Å². The van der Waals surface area contributed by atoms with E-state index in [1.165, 1.54) is 0 Å². The molecule has 0 aromatic rings. The number of hydrogen-bond donors (Lipinski definition) is 0. The summed E-state index contributed by atoms with van der Waals surface area (Å²) in [5, 5.41) is 0. The van der Waals surface area contributed by atoms with Crippen molar-refractivity contribution in [1.82, 2.24) is 0 Å². The smallest absolute Gasteiger partial charge is 0.405 e. The normalized spacial score (nSPS) is 35.3. The van der Waals surface area contributed by atoms with Crippen LogP contribution in [0, 0.1) is 0 Å². The molecule has 1 heterocycles. The van der Waals surface area contributed by atoms with Crippen LogP contribution in [-0.4, -0.2) is 19.3 Å². The average Bonchev–Trinajstić information content (AvgIpc) is 2.61. The molecular weight excluding hydrogens is 151 g/mol. The fraction of sp³-hybridized carbons (Fsp3) is 0.556. The van der Waals surface area contributed by atoms with Crippen LogP contribution in [0.2, 0.25) is 5.82 Å². The molecule has 1 aliphatic carbocycles. The summed E-state index contributed by atoms with van der Waals surface area (Å²) in [6.45, 7) is 4.10. The summed E-state index contributed by atoms with van der Waals surface area (Å²) in [7, 11) is -0.0648. The maximum atomic E-state index is 5.63. The molecule has 0 aromatic carbocycles. The second kappa shape index (κ2) is 3.07. The molecule has 2 atom stereocenters. The topological polar surface area (TPSA) is 18.5 Å². The molecule has 0 aromatic heterocycles. The van der Waals surface area contributed by atoms with E-state index in [-0.39, 0.29) is 19.3 Å². The zero-order chi connectivity index (χ0) is 8.55. The number of hydrogen-bond acceptors (Lipinski definition) is 2. The minimum atomic E-state index is -0.0648. The Kier molecular flexibility index (Phi) is 2.07. The van der Waals surface area contributed by atoms with Gasteiger partial charge in [0.2, 0.25) is 0 Å². The van der Waals surface area contributed by atoms with Crippen LogP contribution in [0.4, 0.5) is 0 Å². The van der Waals surface area contributed by atoms with Gasteiger partial charge in [-0.25, -0.2) is 0 Å². The molecule has 1 fully saturated rings. The third-order valence-electron chi connectivity index (χ3n) is 2.45. The minimum absolute atomic E-state index is 0.0648. The number of allylic oxidation sites excluding steroid dienone is 4. The lowest BCUT2D eigenvalue weighted by molar-refractivity contribution is 0.187.